The van der Waals surface area contributed by atoms with Crippen molar-refractivity contribution in [2.45, 2.75) is 136 Å². The number of hydrogen-bond acceptors (Lipinski definition) is 8. The van der Waals surface area contributed by atoms with Crippen LogP contribution < -0.4 is 22.1 Å². The van der Waals surface area contributed by atoms with E-state index in [0.717, 1.165) is 58.3 Å². The number of ketones is 1. The van der Waals surface area contributed by atoms with Gasteiger partial charge in [-0.3, -0.25) is 9.59 Å². The highest BCUT2D eigenvalue weighted by Gasteiger charge is 2.63. The van der Waals surface area contributed by atoms with Crippen LogP contribution in [0.15, 0.2) is 0 Å². The first-order valence-electron chi connectivity index (χ1n) is 19.2. The molecule has 8 N–H and O–H groups in total. The van der Waals surface area contributed by atoms with Gasteiger partial charge in [0.05, 0.1) is 6.10 Å². The van der Waals surface area contributed by atoms with Gasteiger partial charge in [-0.15, -0.1) is 0 Å². The lowest BCUT2D eigenvalue weighted by atomic mass is 9.43. The van der Waals surface area contributed by atoms with Gasteiger partial charge in [-0.1, -0.05) is 34.6 Å². The number of Topliss-reactive ketones (excluding diaryl/α,β-unsaturated/α-hetero) is 1. The van der Waals surface area contributed by atoms with Crippen molar-refractivity contribution >= 4 is 23.5 Å². The first-order valence-corrected chi connectivity index (χ1v) is 20.3. The third kappa shape index (κ3) is 9.15. The molecule has 4 aliphatic rings. The monoisotopic (exact) mass is 679 g/mol. The first-order chi connectivity index (χ1) is 22.2. The number of carbonyl (C=O) groups is 2. The van der Waals surface area contributed by atoms with Crippen LogP contribution in [0.5, 0.6) is 0 Å². The summed E-state index contributed by atoms with van der Waals surface area (Å²) in [6.07, 6.45) is 14.2. The molecule has 6 unspecified atom stereocenters. The summed E-state index contributed by atoms with van der Waals surface area (Å²) >= 11 is 1.47. The molecule has 9 heteroatoms. The van der Waals surface area contributed by atoms with Gasteiger partial charge in [0.25, 0.3) is 0 Å². The molecule has 0 aromatic carbocycles. The molecule has 0 aromatic rings. The summed E-state index contributed by atoms with van der Waals surface area (Å²) in [7, 11) is 0. The normalized spacial score (nSPS) is 36.6. The number of thioether (sulfide) groups is 1. The number of nitrogens with one attached hydrogen (secondary N) is 2. The second-order valence-electron chi connectivity index (χ2n) is 17.3. The average Bonchev–Trinajstić information content (AvgIpc) is 3.39. The molecule has 4 fully saturated rings. The van der Waals surface area contributed by atoms with Crippen LogP contribution in [-0.2, 0) is 9.59 Å². The fourth-order valence-corrected chi connectivity index (χ4v) is 12.2. The fraction of sp³-hybridized carbons (Fsp3) is 0.947. The van der Waals surface area contributed by atoms with E-state index in [-0.39, 0.29) is 28.6 Å². The summed E-state index contributed by atoms with van der Waals surface area (Å²) < 4.78 is 0. The lowest BCUT2D eigenvalue weighted by Crippen LogP contribution is -2.59. The molecule has 11 atom stereocenters. The molecule has 4 rings (SSSR count). The third-order valence-corrected chi connectivity index (χ3v) is 15.3. The molecule has 4 saturated carbocycles. The highest BCUT2D eigenvalue weighted by atomic mass is 32.2. The van der Waals surface area contributed by atoms with E-state index in [1.165, 1.54) is 56.7 Å². The summed E-state index contributed by atoms with van der Waals surface area (Å²) in [6, 6.07) is -0.304. The Kier molecular flexibility index (Phi) is 14.1. The maximum atomic E-state index is 13.1. The summed E-state index contributed by atoms with van der Waals surface area (Å²) in [5.74, 6) is 2.89. The predicted octanol–water partition coefficient (Wildman–Crippen LogP) is 5.45. The zero-order valence-electron chi connectivity index (χ0n) is 30.4. The minimum atomic E-state index is -0.991. The minimum absolute atomic E-state index is 0.0558. The van der Waals surface area contributed by atoms with E-state index in [0.29, 0.717) is 59.0 Å². The van der Waals surface area contributed by atoms with Crippen molar-refractivity contribution in [2.24, 2.45) is 63.2 Å². The minimum Gasteiger partial charge on any atom is -0.480 e. The van der Waals surface area contributed by atoms with Gasteiger partial charge in [0.15, 0.2) is 0 Å². The van der Waals surface area contributed by atoms with Crippen LogP contribution in [0.25, 0.3) is 0 Å². The summed E-state index contributed by atoms with van der Waals surface area (Å²) in [6.45, 7) is 15.8. The van der Waals surface area contributed by atoms with E-state index in [2.05, 4.69) is 38.3 Å². The van der Waals surface area contributed by atoms with Crippen LogP contribution in [0.3, 0.4) is 0 Å². The van der Waals surface area contributed by atoms with Crippen molar-refractivity contribution in [1.82, 2.24) is 10.6 Å². The quantitative estimate of drug-likeness (QED) is 0.0981. The lowest BCUT2D eigenvalue weighted by Gasteiger charge is -2.63. The largest absolute Gasteiger partial charge is 0.480 e. The number of rotatable bonds is 19. The zero-order chi connectivity index (χ0) is 34.4. The van der Waals surface area contributed by atoms with Crippen LogP contribution in [0.2, 0.25) is 0 Å². The van der Waals surface area contributed by atoms with Gasteiger partial charge in [-0.25, -0.2) is 0 Å². The van der Waals surface area contributed by atoms with Gasteiger partial charge in [-0.2, -0.15) is 11.8 Å². The predicted molar refractivity (Wildman–Crippen MR) is 194 cm³/mol. The van der Waals surface area contributed by atoms with Crippen molar-refractivity contribution in [3.63, 3.8) is 0 Å². The Morgan fingerprint density at radius 1 is 0.957 bits per heavy atom. The third-order valence-electron chi connectivity index (χ3n) is 13.9. The molecule has 0 aliphatic heterocycles. The number of hydrogen-bond donors (Lipinski definition) is 6. The molecule has 0 radical (unpaired) electrons. The first kappa shape index (κ1) is 39.1. The van der Waals surface area contributed by atoms with E-state index in [4.69, 9.17) is 16.6 Å². The molecule has 0 spiro atoms. The average molecular weight is 679 g/mol. The number of aliphatic carboxylic acids is 1. The van der Waals surface area contributed by atoms with Gasteiger partial charge < -0.3 is 32.3 Å². The highest BCUT2D eigenvalue weighted by Crippen LogP contribution is 2.69. The van der Waals surface area contributed by atoms with Gasteiger partial charge in [0, 0.05) is 29.9 Å². The van der Waals surface area contributed by atoms with Gasteiger partial charge in [0.2, 0.25) is 0 Å². The molecule has 0 bridgehead atoms. The summed E-state index contributed by atoms with van der Waals surface area (Å²) in [4.78, 5) is 24.1. The Hall–Kier alpha value is -0.710. The number of fused-ring (bicyclic) bond motifs is 5. The zero-order valence-corrected chi connectivity index (χ0v) is 31.2. The molecule has 0 heterocycles. The molecule has 0 saturated heterocycles. The van der Waals surface area contributed by atoms with Crippen molar-refractivity contribution in [1.29, 1.82) is 0 Å². The molecular formula is C38H70N4O4S. The van der Waals surface area contributed by atoms with Crippen molar-refractivity contribution in [3.8, 4) is 0 Å². The van der Waals surface area contributed by atoms with Crippen LogP contribution in [0.4, 0.5) is 0 Å². The number of unbranched alkanes of at least 4 members (excludes halogenated alkanes) is 1. The Morgan fingerprint density at radius 3 is 2.38 bits per heavy atom. The number of carboxylic acids is 1. The summed E-state index contributed by atoms with van der Waals surface area (Å²) in [5, 5.41) is 28.3. The van der Waals surface area contributed by atoms with Crippen molar-refractivity contribution in [2.75, 3.05) is 37.7 Å². The smallest absolute Gasteiger partial charge is 0.321 e. The summed E-state index contributed by atoms with van der Waals surface area (Å²) in [5.41, 5.74) is 11.8. The molecule has 4 aliphatic carbocycles. The van der Waals surface area contributed by atoms with Crippen molar-refractivity contribution < 1.29 is 19.8 Å². The van der Waals surface area contributed by atoms with E-state index in [1.54, 1.807) is 0 Å². The Labute approximate surface area is 290 Å². The Balaban J connectivity index is 1.29. The van der Waals surface area contributed by atoms with Gasteiger partial charge in [-0.05, 0) is 149 Å². The Morgan fingerprint density at radius 2 is 1.66 bits per heavy atom. The molecule has 47 heavy (non-hydrogen) atoms. The molecule has 0 amide bonds. The van der Waals surface area contributed by atoms with Crippen LogP contribution >= 0.6 is 11.8 Å². The van der Waals surface area contributed by atoms with Crippen LogP contribution in [0, 0.1) is 51.8 Å². The SMILES string of the molecule is CC(CSCC(N)C(=O)O)C(=O)CCC(C)(C)C1CCC2C3C(CC[C@@]21C)[C@@]1(C)CC[C@H](NCCCNCCCCN)C[C@@H]1C[C@H]3O. The van der Waals surface area contributed by atoms with Gasteiger partial charge in [0.1, 0.15) is 11.8 Å². The molecule has 272 valence electrons. The number of aliphatic hydroxyl groups is 1. The number of aliphatic hydroxyl groups excluding tert-OH is 1. The molecular weight excluding hydrogens is 609 g/mol. The maximum absolute atomic E-state index is 13.1. The van der Waals surface area contributed by atoms with Gasteiger partial charge >= 0.3 is 5.97 Å². The fourth-order valence-electron chi connectivity index (χ4n) is 11.1. The highest BCUT2D eigenvalue weighted by molar-refractivity contribution is 7.99. The van der Waals surface area contributed by atoms with E-state index in [1.807, 2.05) is 6.92 Å². The Bertz CT molecular complexity index is 1030. The second kappa shape index (κ2) is 17.0. The number of carboxylic acid groups (broad SMARTS) is 1. The molecule has 0 aromatic heterocycles. The number of carbonyl (C=O) groups excluding carboxylic acids is 1. The maximum Gasteiger partial charge on any atom is 0.321 e. The molecule has 8 nitrogen and oxygen atoms in total. The number of nitrogens with two attached hydrogens (primary N) is 2. The van der Waals surface area contributed by atoms with E-state index >= 15 is 0 Å². The van der Waals surface area contributed by atoms with Crippen LogP contribution in [0.1, 0.15) is 118 Å². The topological polar surface area (TPSA) is 151 Å². The van der Waals surface area contributed by atoms with E-state index < -0.39 is 12.0 Å². The lowest BCUT2D eigenvalue weighted by molar-refractivity contribution is -0.170. The second-order valence-corrected chi connectivity index (χ2v) is 18.4. The van der Waals surface area contributed by atoms with E-state index in [9.17, 15) is 14.7 Å². The standard InChI is InChI=1S/C38H70N4O4S/c1-25(23-47-24-30(40)35(45)46)31(43)13-14-36(2,3)33-10-9-28-34-29(12-16-38(28,33)5)37(4)15-11-27(21-26(37)22-32(34)44)42-20-8-19-41-18-7-6-17-39/h25-30,32-34,41-42,44H,6-24,39-40H2,1-5H3,(H,45,46)/t25?,26-,27+,28?,29?,30?,32-,33?,34?,37+,38+/m1/s1. The van der Waals surface area contributed by atoms with Crippen LogP contribution in [-0.4, -0.2) is 77.8 Å². The van der Waals surface area contributed by atoms with Crippen molar-refractivity contribution in [3.05, 3.63) is 0 Å².